The number of carbonyl (C=O) groups excluding carboxylic acids is 1. The van der Waals surface area contributed by atoms with Gasteiger partial charge in [-0.2, -0.15) is 4.98 Å². The molecule has 2 aromatic rings. The van der Waals surface area contributed by atoms with Crippen LogP contribution in [0.4, 0.5) is 0 Å². The molecule has 0 unspecified atom stereocenters. The number of carbonyl (C=O) groups is 1. The number of methoxy groups -OCH3 is 1. The van der Waals surface area contributed by atoms with Gasteiger partial charge in [0.2, 0.25) is 0 Å². The molecule has 98 valence electrons. The molecule has 0 saturated heterocycles. The Morgan fingerprint density at radius 1 is 1.26 bits per heavy atom. The van der Waals surface area contributed by atoms with Crippen LogP contribution in [-0.4, -0.2) is 22.9 Å². The van der Waals surface area contributed by atoms with Gasteiger partial charge in [0.15, 0.2) is 5.78 Å². The minimum absolute atomic E-state index is 0.132. The Balaban J connectivity index is 2.66. The van der Waals surface area contributed by atoms with E-state index in [0.29, 0.717) is 28.3 Å². The molecule has 1 aromatic heterocycles. The first kappa shape index (κ1) is 13.0. The van der Waals surface area contributed by atoms with Crippen LogP contribution in [0.2, 0.25) is 0 Å². The van der Waals surface area contributed by atoms with Gasteiger partial charge in [-0.25, -0.2) is 4.79 Å². The van der Waals surface area contributed by atoms with Crippen LogP contribution in [0.5, 0.6) is 5.75 Å². The number of hydrogen-bond donors (Lipinski definition) is 1. The van der Waals surface area contributed by atoms with Crippen molar-refractivity contribution in [1.82, 2.24) is 9.97 Å². The number of aromatic amines is 1. The Kier molecular flexibility index (Phi) is 3.46. The summed E-state index contributed by atoms with van der Waals surface area (Å²) in [5.41, 5.74) is 1.60. The number of aromatic nitrogens is 2. The zero-order chi connectivity index (χ0) is 14.0. The van der Waals surface area contributed by atoms with E-state index < -0.39 is 5.69 Å². The van der Waals surface area contributed by atoms with Gasteiger partial charge in [-0.1, -0.05) is 0 Å². The largest absolute Gasteiger partial charge is 0.497 e. The van der Waals surface area contributed by atoms with Crippen molar-refractivity contribution in [2.75, 3.05) is 7.11 Å². The number of Topliss-reactive ketones (excluding diaryl/α,β-unsaturated/α-hetero) is 1. The molecule has 0 aliphatic carbocycles. The van der Waals surface area contributed by atoms with Gasteiger partial charge in [-0.05, 0) is 38.1 Å². The van der Waals surface area contributed by atoms with E-state index in [9.17, 15) is 9.59 Å². The summed E-state index contributed by atoms with van der Waals surface area (Å²) in [5.74, 6) is 0.571. The van der Waals surface area contributed by atoms with Gasteiger partial charge >= 0.3 is 5.69 Å². The fourth-order valence-corrected chi connectivity index (χ4v) is 1.97. The van der Waals surface area contributed by atoms with Gasteiger partial charge in [0.1, 0.15) is 5.75 Å². The molecule has 0 aliphatic heterocycles. The molecule has 0 atom stereocenters. The Morgan fingerprint density at radius 3 is 2.42 bits per heavy atom. The summed E-state index contributed by atoms with van der Waals surface area (Å²) < 4.78 is 5.07. The predicted molar refractivity (Wildman–Crippen MR) is 71.6 cm³/mol. The SMILES string of the molecule is COc1ccc(-c2nc(=O)[nH]c(C)c2C(C)=O)cc1. The molecule has 5 nitrogen and oxygen atoms in total. The molecule has 1 N–H and O–H groups in total. The minimum atomic E-state index is -0.465. The van der Waals surface area contributed by atoms with Crippen molar-refractivity contribution in [3.05, 3.63) is 46.0 Å². The maximum atomic E-state index is 11.7. The highest BCUT2D eigenvalue weighted by Gasteiger charge is 2.15. The first-order valence-electron chi connectivity index (χ1n) is 5.79. The molecular weight excluding hydrogens is 244 g/mol. The van der Waals surface area contributed by atoms with Crippen molar-refractivity contribution in [2.24, 2.45) is 0 Å². The second kappa shape index (κ2) is 5.06. The fourth-order valence-electron chi connectivity index (χ4n) is 1.97. The van der Waals surface area contributed by atoms with Gasteiger partial charge < -0.3 is 9.72 Å². The number of H-pyrrole nitrogens is 1. The number of aryl methyl sites for hydroxylation is 1. The third kappa shape index (κ3) is 2.54. The molecule has 1 heterocycles. The molecular formula is C14H14N2O3. The highest BCUT2D eigenvalue weighted by molar-refractivity contribution is 6.00. The number of rotatable bonds is 3. The van der Waals surface area contributed by atoms with Crippen LogP contribution < -0.4 is 10.4 Å². The minimum Gasteiger partial charge on any atom is -0.497 e. The van der Waals surface area contributed by atoms with E-state index in [4.69, 9.17) is 4.74 Å². The summed E-state index contributed by atoms with van der Waals surface area (Å²) in [6.07, 6.45) is 0. The lowest BCUT2D eigenvalue weighted by Crippen LogP contribution is -2.17. The highest BCUT2D eigenvalue weighted by Crippen LogP contribution is 2.24. The van der Waals surface area contributed by atoms with E-state index in [0.717, 1.165) is 0 Å². The second-order valence-electron chi connectivity index (χ2n) is 4.18. The summed E-state index contributed by atoms with van der Waals surface area (Å²) in [4.78, 5) is 29.6. The van der Waals surface area contributed by atoms with Crippen LogP contribution in [0, 0.1) is 6.92 Å². The van der Waals surface area contributed by atoms with Crippen molar-refractivity contribution < 1.29 is 9.53 Å². The zero-order valence-corrected chi connectivity index (χ0v) is 11.0. The lowest BCUT2D eigenvalue weighted by atomic mass is 10.0. The number of ether oxygens (including phenoxy) is 1. The van der Waals surface area contributed by atoms with Crippen LogP contribution in [0.25, 0.3) is 11.3 Å². The van der Waals surface area contributed by atoms with Crippen LogP contribution in [0.3, 0.4) is 0 Å². The lowest BCUT2D eigenvalue weighted by molar-refractivity contribution is 0.101. The normalized spacial score (nSPS) is 10.3. The zero-order valence-electron chi connectivity index (χ0n) is 11.0. The first-order chi connectivity index (χ1) is 9.02. The van der Waals surface area contributed by atoms with Gasteiger partial charge in [0.05, 0.1) is 18.4 Å². The number of benzene rings is 1. The van der Waals surface area contributed by atoms with Gasteiger partial charge in [-0.15, -0.1) is 0 Å². The van der Waals surface area contributed by atoms with Crippen molar-refractivity contribution in [3.8, 4) is 17.0 Å². The summed E-state index contributed by atoms with van der Waals surface area (Å²) in [6, 6.07) is 7.06. The monoisotopic (exact) mass is 258 g/mol. The fraction of sp³-hybridized carbons (Fsp3) is 0.214. The molecule has 0 saturated carbocycles. The molecule has 0 radical (unpaired) electrons. The Bertz CT molecular complexity index is 672. The van der Waals surface area contributed by atoms with Crippen molar-refractivity contribution in [1.29, 1.82) is 0 Å². The molecule has 5 heteroatoms. The number of nitrogens with zero attached hydrogens (tertiary/aromatic N) is 1. The van der Waals surface area contributed by atoms with Crippen LogP contribution in [0.1, 0.15) is 23.0 Å². The molecule has 2 rings (SSSR count). The van der Waals surface area contributed by atoms with Crippen molar-refractivity contribution in [3.63, 3.8) is 0 Å². The summed E-state index contributed by atoms with van der Waals surface area (Å²) >= 11 is 0. The van der Waals surface area contributed by atoms with Gasteiger partial charge in [0.25, 0.3) is 0 Å². The van der Waals surface area contributed by atoms with E-state index in [-0.39, 0.29) is 5.78 Å². The van der Waals surface area contributed by atoms with E-state index >= 15 is 0 Å². The van der Waals surface area contributed by atoms with E-state index in [1.54, 1.807) is 38.3 Å². The molecule has 19 heavy (non-hydrogen) atoms. The van der Waals surface area contributed by atoms with Gasteiger partial charge in [-0.3, -0.25) is 4.79 Å². The van der Waals surface area contributed by atoms with E-state index in [1.807, 2.05) is 0 Å². The smallest absolute Gasteiger partial charge is 0.345 e. The molecule has 0 fully saturated rings. The number of ketones is 1. The summed E-state index contributed by atoms with van der Waals surface area (Å²) in [6.45, 7) is 3.14. The van der Waals surface area contributed by atoms with Crippen LogP contribution in [0.15, 0.2) is 29.1 Å². The number of hydrogen-bond acceptors (Lipinski definition) is 4. The molecule has 0 amide bonds. The molecule has 1 aromatic carbocycles. The standard InChI is InChI=1S/C14H14N2O3/c1-8-12(9(2)17)13(16-14(18)15-8)10-4-6-11(19-3)7-5-10/h4-7H,1-3H3,(H,15,16,18). The van der Waals surface area contributed by atoms with E-state index in [2.05, 4.69) is 9.97 Å². The van der Waals surface area contributed by atoms with Gasteiger partial charge in [0, 0.05) is 11.3 Å². The Hall–Kier alpha value is -2.43. The summed E-state index contributed by atoms with van der Waals surface area (Å²) in [5, 5.41) is 0. The first-order valence-corrected chi connectivity index (χ1v) is 5.79. The van der Waals surface area contributed by atoms with Crippen LogP contribution in [-0.2, 0) is 0 Å². The van der Waals surface area contributed by atoms with Crippen molar-refractivity contribution >= 4 is 5.78 Å². The maximum absolute atomic E-state index is 11.7. The predicted octanol–water partition coefficient (Wildman–Crippen LogP) is 1.96. The lowest BCUT2D eigenvalue weighted by Gasteiger charge is -2.09. The molecule has 0 spiro atoms. The third-order valence-electron chi connectivity index (χ3n) is 2.84. The van der Waals surface area contributed by atoms with Crippen molar-refractivity contribution in [2.45, 2.75) is 13.8 Å². The quantitative estimate of drug-likeness (QED) is 0.854. The van der Waals surface area contributed by atoms with E-state index in [1.165, 1.54) is 6.92 Å². The topological polar surface area (TPSA) is 72.0 Å². The second-order valence-corrected chi connectivity index (χ2v) is 4.18. The van der Waals surface area contributed by atoms with Crippen LogP contribution >= 0.6 is 0 Å². The maximum Gasteiger partial charge on any atom is 0.345 e. The third-order valence-corrected chi connectivity index (χ3v) is 2.84. The Morgan fingerprint density at radius 2 is 1.89 bits per heavy atom. The average Bonchev–Trinajstić information content (AvgIpc) is 2.37. The summed E-state index contributed by atoms with van der Waals surface area (Å²) in [7, 11) is 1.58. The number of nitrogens with one attached hydrogen (secondary N) is 1. The highest BCUT2D eigenvalue weighted by atomic mass is 16.5. The molecule has 0 bridgehead atoms. The average molecular weight is 258 g/mol. The Labute approximate surface area is 110 Å². The molecule has 0 aliphatic rings.